The Morgan fingerprint density at radius 3 is 2.74 bits per heavy atom. The molecule has 0 aliphatic heterocycles. The quantitative estimate of drug-likeness (QED) is 0.696. The molecule has 3 N–H and O–H groups in total. The fourth-order valence-electron chi connectivity index (χ4n) is 1.37. The standard InChI is InChI=1S/C10H14F2N4O3/c1-16(4-8(11)12)10(19)15-7(9(17)18)2-6-3-13-5-14-6/h3,5,7-8H,2,4H2,1H3,(H,13,14)(H,15,19)(H,17,18). The molecule has 0 aliphatic carbocycles. The van der Waals surface area contributed by atoms with E-state index in [9.17, 15) is 18.4 Å². The van der Waals surface area contributed by atoms with Crippen molar-refractivity contribution in [1.82, 2.24) is 20.2 Å². The number of hydrogen-bond donors (Lipinski definition) is 3. The topological polar surface area (TPSA) is 98.3 Å². The molecule has 0 bridgehead atoms. The number of H-pyrrole nitrogens is 1. The van der Waals surface area contributed by atoms with E-state index in [-0.39, 0.29) is 6.42 Å². The fraction of sp³-hybridized carbons (Fsp3) is 0.500. The molecule has 7 nitrogen and oxygen atoms in total. The number of aromatic amines is 1. The molecule has 0 spiro atoms. The van der Waals surface area contributed by atoms with Gasteiger partial charge in [-0.2, -0.15) is 0 Å². The van der Waals surface area contributed by atoms with Gasteiger partial charge in [0.2, 0.25) is 0 Å². The van der Waals surface area contributed by atoms with Crippen LogP contribution in [0, 0.1) is 0 Å². The average Bonchev–Trinajstić information content (AvgIpc) is 2.79. The number of rotatable bonds is 6. The van der Waals surface area contributed by atoms with Crippen LogP contribution in [-0.4, -0.2) is 58.0 Å². The summed E-state index contributed by atoms with van der Waals surface area (Å²) in [6.07, 6.45) is 0.111. The summed E-state index contributed by atoms with van der Waals surface area (Å²) in [6, 6.07) is -2.08. The summed E-state index contributed by atoms with van der Waals surface area (Å²) in [6.45, 7) is -0.762. The van der Waals surface area contributed by atoms with Crippen molar-refractivity contribution in [3.05, 3.63) is 18.2 Å². The molecule has 1 heterocycles. The summed E-state index contributed by atoms with van der Waals surface area (Å²) in [5.41, 5.74) is 0.518. The fourth-order valence-corrected chi connectivity index (χ4v) is 1.37. The number of nitrogens with one attached hydrogen (secondary N) is 2. The minimum atomic E-state index is -2.67. The third-order valence-corrected chi connectivity index (χ3v) is 2.33. The molecule has 0 saturated carbocycles. The minimum Gasteiger partial charge on any atom is -0.480 e. The number of imidazole rings is 1. The molecule has 1 atom stereocenters. The number of carboxylic acid groups (broad SMARTS) is 1. The summed E-state index contributed by atoms with van der Waals surface area (Å²) in [7, 11) is 1.16. The van der Waals surface area contributed by atoms with Crippen molar-refractivity contribution in [2.45, 2.75) is 18.9 Å². The second-order valence-corrected chi connectivity index (χ2v) is 3.89. The Morgan fingerprint density at radius 1 is 1.58 bits per heavy atom. The number of amides is 2. The molecule has 19 heavy (non-hydrogen) atoms. The van der Waals surface area contributed by atoms with E-state index in [4.69, 9.17) is 5.11 Å². The summed E-state index contributed by atoms with van der Waals surface area (Å²) in [5.74, 6) is -1.26. The highest BCUT2D eigenvalue weighted by molar-refractivity contribution is 5.82. The molecule has 1 aromatic rings. The highest BCUT2D eigenvalue weighted by atomic mass is 19.3. The lowest BCUT2D eigenvalue weighted by Gasteiger charge is -2.20. The lowest BCUT2D eigenvalue weighted by Crippen LogP contribution is -2.48. The first kappa shape index (κ1) is 14.9. The number of aromatic nitrogens is 2. The third kappa shape index (κ3) is 4.90. The smallest absolute Gasteiger partial charge is 0.326 e. The lowest BCUT2D eigenvalue weighted by atomic mass is 10.1. The molecule has 0 aliphatic rings. The highest BCUT2D eigenvalue weighted by Crippen LogP contribution is 2.01. The Bertz CT molecular complexity index is 424. The van der Waals surface area contributed by atoms with Crippen molar-refractivity contribution in [3.8, 4) is 0 Å². The van der Waals surface area contributed by atoms with Crippen LogP contribution in [0.1, 0.15) is 5.69 Å². The van der Waals surface area contributed by atoms with E-state index < -0.39 is 31.0 Å². The molecule has 0 fully saturated rings. The zero-order chi connectivity index (χ0) is 14.4. The summed E-state index contributed by atoms with van der Waals surface area (Å²) < 4.78 is 24.2. The number of carbonyl (C=O) groups excluding carboxylic acids is 1. The zero-order valence-corrected chi connectivity index (χ0v) is 10.1. The number of halogens is 2. The third-order valence-electron chi connectivity index (χ3n) is 2.33. The van der Waals surface area contributed by atoms with E-state index in [1.807, 2.05) is 0 Å². The van der Waals surface area contributed by atoms with Gasteiger partial charge in [-0.1, -0.05) is 0 Å². The van der Waals surface area contributed by atoms with Gasteiger partial charge in [0.1, 0.15) is 6.04 Å². The van der Waals surface area contributed by atoms with Gasteiger partial charge in [-0.15, -0.1) is 0 Å². The predicted molar refractivity (Wildman–Crippen MR) is 60.9 cm³/mol. The second-order valence-electron chi connectivity index (χ2n) is 3.89. The summed E-state index contributed by atoms with van der Waals surface area (Å²) in [4.78, 5) is 29.6. The van der Waals surface area contributed by atoms with Gasteiger partial charge in [-0.3, -0.25) is 0 Å². The summed E-state index contributed by atoms with van der Waals surface area (Å²) >= 11 is 0. The van der Waals surface area contributed by atoms with Crippen LogP contribution in [0.4, 0.5) is 13.6 Å². The molecule has 1 unspecified atom stereocenters. The highest BCUT2D eigenvalue weighted by Gasteiger charge is 2.23. The van der Waals surface area contributed by atoms with Gasteiger partial charge in [0.05, 0.1) is 12.9 Å². The maximum Gasteiger partial charge on any atom is 0.326 e. The van der Waals surface area contributed by atoms with Crippen molar-refractivity contribution in [3.63, 3.8) is 0 Å². The molecular weight excluding hydrogens is 262 g/mol. The normalized spacial score (nSPS) is 12.2. The molecule has 106 valence electrons. The van der Waals surface area contributed by atoms with Gasteiger partial charge in [0.25, 0.3) is 6.43 Å². The van der Waals surface area contributed by atoms with Crippen LogP contribution in [0.3, 0.4) is 0 Å². The monoisotopic (exact) mass is 276 g/mol. The first-order valence-electron chi connectivity index (χ1n) is 5.40. The number of nitrogens with zero attached hydrogens (tertiary/aromatic N) is 2. The van der Waals surface area contributed by atoms with Crippen LogP contribution in [0.5, 0.6) is 0 Å². The van der Waals surface area contributed by atoms with Crippen molar-refractivity contribution in [1.29, 1.82) is 0 Å². The van der Waals surface area contributed by atoms with Crippen LogP contribution < -0.4 is 5.32 Å². The largest absolute Gasteiger partial charge is 0.480 e. The van der Waals surface area contributed by atoms with Crippen molar-refractivity contribution in [2.75, 3.05) is 13.6 Å². The van der Waals surface area contributed by atoms with Gasteiger partial charge >= 0.3 is 12.0 Å². The van der Waals surface area contributed by atoms with E-state index in [1.54, 1.807) is 0 Å². The van der Waals surface area contributed by atoms with Crippen LogP contribution >= 0.6 is 0 Å². The Morgan fingerprint density at radius 2 is 2.26 bits per heavy atom. The van der Waals surface area contributed by atoms with Crippen LogP contribution in [0.25, 0.3) is 0 Å². The van der Waals surface area contributed by atoms with Gasteiger partial charge in [-0.25, -0.2) is 23.4 Å². The number of carbonyl (C=O) groups is 2. The molecule has 1 aromatic heterocycles. The van der Waals surface area contributed by atoms with Gasteiger partial charge in [0.15, 0.2) is 0 Å². The Hall–Kier alpha value is -2.19. The van der Waals surface area contributed by atoms with Crippen LogP contribution in [0.2, 0.25) is 0 Å². The van der Waals surface area contributed by atoms with E-state index in [2.05, 4.69) is 15.3 Å². The zero-order valence-electron chi connectivity index (χ0n) is 10.1. The maximum atomic E-state index is 12.1. The molecule has 0 radical (unpaired) electrons. The van der Waals surface area contributed by atoms with Crippen molar-refractivity contribution >= 4 is 12.0 Å². The maximum absolute atomic E-state index is 12.1. The average molecular weight is 276 g/mol. The van der Waals surface area contributed by atoms with Crippen molar-refractivity contribution in [2.24, 2.45) is 0 Å². The Balaban J connectivity index is 2.58. The van der Waals surface area contributed by atoms with Crippen molar-refractivity contribution < 1.29 is 23.5 Å². The number of hydrogen-bond acceptors (Lipinski definition) is 3. The van der Waals surface area contributed by atoms with E-state index in [0.29, 0.717) is 5.69 Å². The number of alkyl halides is 2. The molecule has 1 rings (SSSR count). The first-order chi connectivity index (χ1) is 8.90. The second kappa shape index (κ2) is 6.66. The van der Waals surface area contributed by atoms with Gasteiger partial charge < -0.3 is 20.3 Å². The predicted octanol–water partition coefficient (Wildman–Crippen LogP) is 0.312. The van der Waals surface area contributed by atoms with Gasteiger partial charge in [0, 0.05) is 25.4 Å². The lowest BCUT2D eigenvalue weighted by molar-refractivity contribution is -0.139. The molecule has 0 aromatic carbocycles. The molecular formula is C10H14F2N4O3. The van der Waals surface area contributed by atoms with Gasteiger partial charge in [-0.05, 0) is 0 Å². The van der Waals surface area contributed by atoms with Crippen LogP contribution in [-0.2, 0) is 11.2 Å². The number of urea groups is 1. The molecule has 2 amide bonds. The first-order valence-corrected chi connectivity index (χ1v) is 5.40. The SMILES string of the molecule is CN(CC(F)F)C(=O)NC(Cc1cnc[nH]1)C(=O)O. The van der Waals surface area contributed by atoms with Crippen LogP contribution in [0.15, 0.2) is 12.5 Å². The Kier molecular flexibility index (Phi) is 5.22. The van der Waals surface area contributed by atoms with E-state index >= 15 is 0 Å². The molecule has 0 saturated heterocycles. The van der Waals surface area contributed by atoms with E-state index in [0.717, 1.165) is 11.9 Å². The minimum absolute atomic E-state index is 0.0103. The van der Waals surface area contributed by atoms with E-state index in [1.165, 1.54) is 12.5 Å². The number of carboxylic acids is 1. The molecule has 9 heteroatoms. The summed E-state index contributed by atoms with van der Waals surface area (Å²) in [5, 5.41) is 11.1. The number of aliphatic carboxylic acids is 1. The Labute approximate surface area is 107 Å².